The van der Waals surface area contributed by atoms with Gasteiger partial charge in [-0.2, -0.15) is 0 Å². The van der Waals surface area contributed by atoms with Gasteiger partial charge in [-0.05, 0) is 95.1 Å². The smallest absolute Gasteiger partial charge is 0.306 e. The van der Waals surface area contributed by atoms with E-state index < -0.39 is 38.9 Å². The summed E-state index contributed by atoms with van der Waals surface area (Å²) in [5.74, 6) is -1.41. The van der Waals surface area contributed by atoms with Gasteiger partial charge in [0.25, 0.3) is 5.56 Å². The van der Waals surface area contributed by atoms with Crippen molar-refractivity contribution in [2.24, 2.45) is 7.05 Å². The van der Waals surface area contributed by atoms with E-state index in [2.05, 4.69) is 0 Å². The zero-order chi connectivity index (χ0) is 30.7. The second-order valence-electron chi connectivity index (χ2n) is 12.0. The Labute approximate surface area is 243 Å². The van der Waals surface area contributed by atoms with Gasteiger partial charge in [-0.3, -0.25) is 18.6 Å². The maximum Gasteiger partial charge on any atom is 0.306 e. The summed E-state index contributed by atoms with van der Waals surface area (Å²) >= 11 is 0. The van der Waals surface area contributed by atoms with E-state index in [-0.39, 0.29) is 29.1 Å². The van der Waals surface area contributed by atoms with Crippen LogP contribution in [0.3, 0.4) is 0 Å². The first-order valence-corrected chi connectivity index (χ1v) is 14.6. The zero-order valence-corrected chi connectivity index (χ0v) is 25.7. The van der Waals surface area contributed by atoms with Crippen LogP contribution in [0.5, 0.6) is 5.75 Å². The molecule has 0 radical (unpaired) electrons. The molecule has 0 aliphatic heterocycles. The molecule has 0 bridgehead atoms. The summed E-state index contributed by atoms with van der Waals surface area (Å²) in [6, 6.07) is 11.6. The van der Waals surface area contributed by atoms with Crippen LogP contribution in [0.2, 0.25) is 0 Å². The van der Waals surface area contributed by atoms with Gasteiger partial charge in [-0.25, -0.2) is 4.39 Å². The highest BCUT2D eigenvalue weighted by atomic mass is 32.2. The van der Waals surface area contributed by atoms with Gasteiger partial charge in [0.2, 0.25) is 0 Å². The van der Waals surface area contributed by atoms with Crippen LogP contribution >= 0.6 is 0 Å². The van der Waals surface area contributed by atoms with Crippen LogP contribution in [-0.2, 0) is 27.4 Å². The van der Waals surface area contributed by atoms with Crippen LogP contribution in [0.4, 0.5) is 4.39 Å². The molecular formula is C32H38FNO6S. The van der Waals surface area contributed by atoms with E-state index in [1.54, 1.807) is 52.2 Å². The minimum absolute atomic E-state index is 0.0914. The van der Waals surface area contributed by atoms with E-state index in [1.165, 1.54) is 42.0 Å². The van der Waals surface area contributed by atoms with Crippen LogP contribution in [0.1, 0.15) is 75.4 Å². The molecule has 0 saturated heterocycles. The van der Waals surface area contributed by atoms with Gasteiger partial charge in [-0.1, -0.05) is 0 Å². The molecule has 9 heteroatoms. The highest BCUT2D eigenvalue weighted by Gasteiger charge is 2.31. The van der Waals surface area contributed by atoms with Gasteiger partial charge in [0, 0.05) is 63.2 Å². The molecule has 0 N–H and O–H groups in total. The molecule has 2 atom stereocenters. The molecule has 0 fully saturated rings. The van der Waals surface area contributed by atoms with Crippen molar-refractivity contribution in [3.63, 3.8) is 0 Å². The Hall–Kier alpha value is -3.59. The lowest BCUT2D eigenvalue weighted by Gasteiger charge is -2.27. The molecule has 0 spiro atoms. The topological polar surface area (TPSA) is 91.7 Å². The van der Waals surface area contributed by atoms with Crippen molar-refractivity contribution >= 4 is 22.6 Å². The lowest BCUT2D eigenvalue weighted by Crippen LogP contribution is -2.30. The molecule has 0 aliphatic carbocycles. The van der Waals surface area contributed by atoms with Crippen LogP contribution in [0.25, 0.3) is 11.1 Å². The number of nitrogens with zero attached hydrogens (tertiary/aromatic N) is 1. The summed E-state index contributed by atoms with van der Waals surface area (Å²) in [5.41, 5.74) is 0.957. The molecule has 0 saturated carbocycles. The Morgan fingerprint density at radius 3 is 2.17 bits per heavy atom. The summed E-state index contributed by atoms with van der Waals surface area (Å²) in [4.78, 5) is 39.7. The molecule has 2 aromatic carbocycles. The van der Waals surface area contributed by atoms with E-state index in [0.717, 1.165) is 0 Å². The zero-order valence-electron chi connectivity index (χ0n) is 24.9. The van der Waals surface area contributed by atoms with Crippen LogP contribution in [0, 0.1) is 5.82 Å². The van der Waals surface area contributed by atoms with Gasteiger partial charge < -0.3 is 14.0 Å². The quantitative estimate of drug-likeness (QED) is 0.234. The van der Waals surface area contributed by atoms with E-state index in [9.17, 15) is 23.0 Å². The number of benzene rings is 2. The van der Waals surface area contributed by atoms with E-state index >= 15 is 0 Å². The lowest BCUT2D eigenvalue weighted by molar-refractivity contribution is -0.155. The van der Waals surface area contributed by atoms with Crippen LogP contribution in [0.15, 0.2) is 59.5 Å². The Morgan fingerprint density at radius 2 is 1.61 bits per heavy atom. The molecule has 0 amide bonds. The highest BCUT2D eigenvalue weighted by Crippen LogP contribution is 2.37. The molecule has 3 rings (SSSR count). The first-order chi connectivity index (χ1) is 19.0. The summed E-state index contributed by atoms with van der Waals surface area (Å²) in [6.45, 7) is 10.8. The summed E-state index contributed by atoms with van der Waals surface area (Å²) in [5, 5.41) is 0. The largest absolute Gasteiger partial charge is 0.497 e. The predicted octanol–water partition coefficient (Wildman–Crippen LogP) is 5.79. The molecule has 3 aromatic rings. The van der Waals surface area contributed by atoms with Crippen LogP contribution in [-0.4, -0.2) is 43.7 Å². The monoisotopic (exact) mass is 583 g/mol. The van der Waals surface area contributed by atoms with Crippen molar-refractivity contribution in [1.82, 2.24) is 4.57 Å². The number of esters is 1. The fraction of sp³-hybridized carbons (Fsp3) is 0.406. The van der Waals surface area contributed by atoms with E-state index in [4.69, 9.17) is 9.47 Å². The number of carbonyl (C=O) groups excluding carboxylic acids is 2. The van der Waals surface area contributed by atoms with Gasteiger partial charge in [0.15, 0.2) is 5.78 Å². The minimum atomic E-state index is -1.38. The molecule has 1 aromatic heterocycles. The second-order valence-corrected chi connectivity index (χ2v) is 14.2. The Balaban J connectivity index is 2.27. The van der Waals surface area contributed by atoms with Gasteiger partial charge in [0.05, 0.1) is 13.5 Å². The first kappa shape index (κ1) is 31.9. The van der Waals surface area contributed by atoms with Crippen molar-refractivity contribution in [3.05, 3.63) is 87.6 Å². The number of ketones is 1. The van der Waals surface area contributed by atoms with Crippen molar-refractivity contribution in [2.75, 3.05) is 12.9 Å². The van der Waals surface area contributed by atoms with Crippen molar-refractivity contribution in [2.45, 2.75) is 64.2 Å². The van der Waals surface area contributed by atoms with Crippen LogP contribution < -0.4 is 10.3 Å². The number of hydrogen-bond acceptors (Lipinski definition) is 6. The maximum absolute atomic E-state index is 13.7. The number of methoxy groups -OCH3 is 1. The Kier molecular flexibility index (Phi) is 9.74. The predicted molar refractivity (Wildman–Crippen MR) is 159 cm³/mol. The van der Waals surface area contributed by atoms with E-state index in [1.807, 2.05) is 20.8 Å². The standard InChI is InChI=1S/C32H38FNO6S/c1-31(2,3)40-29(36)15-21(19-41(38)32(4,5)6)25-17-28(35)34(7)18-27(25)26-16-23(39-8)13-14-24(26)30(37)20-9-11-22(33)12-10-20/h9-14,16-18,21H,15,19H2,1-8H3/t21-,41-/m1/s1. The van der Waals surface area contributed by atoms with Crippen molar-refractivity contribution in [1.29, 1.82) is 0 Å². The summed E-state index contributed by atoms with van der Waals surface area (Å²) in [6.07, 6.45) is 1.49. The average molecular weight is 584 g/mol. The Morgan fingerprint density at radius 1 is 0.976 bits per heavy atom. The number of rotatable bonds is 9. The number of halogens is 1. The molecule has 0 aliphatic rings. The van der Waals surface area contributed by atoms with Crippen molar-refractivity contribution in [3.8, 4) is 16.9 Å². The average Bonchev–Trinajstić information content (AvgIpc) is 2.87. The SMILES string of the molecule is COc1ccc(C(=O)c2ccc(F)cc2)c(-c2cn(C)c(=O)cc2[C@H](CC(=O)OC(C)(C)C)C[S@@](=O)C(C)(C)C)c1. The third-order valence-electron chi connectivity index (χ3n) is 6.44. The molecule has 220 valence electrons. The number of aryl methyl sites for hydroxylation is 1. The van der Waals surface area contributed by atoms with Gasteiger partial charge in [0.1, 0.15) is 17.2 Å². The fourth-order valence-electron chi connectivity index (χ4n) is 4.31. The van der Waals surface area contributed by atoms with Gasteiger partial charge >= 0.3 is 5.97 Å². The summed E-state index contributed by atoms with van der Waals surface area (Å²) < 4.78 is 38.8. The van der Waals surface area contributed by atoms with Crippen molar-refractivity contribution < 1.29 is 27.7 Å². The Bertz CT molecular complexity index is 1510. The highest BCUT2D eigenvalue weighted by molar-refractivity contribution is 7.86. The maximum atomic E-state index is 13.7. The van der Waals surface area contributed by atoms with E-state index in [0.29, 0.717) is 28.0 Å². The second kappa shape index (κ2) is 12.5. The third-order valence-corrected chi connectivity index (χ3v) is 8.51. The minimum Gasteiger partial charge on any atom is -0.497 e. The van der Waals surface area contributed by atoms with Gasteiger partial charge in [-0.15, -0.1) is 0 Å². The molecule has 7 nitrogen and oxygen atoms in total. The summed E-state index contributed by atoms with van der Waals surface area (Å²) in [7, 11) is 1.71. The number of carbonyl (C=O) groups is 2. The lowest BCUT2D eigenvalue weighted by atomic mass is 9.87. The number of aromatic nitrogens is 1. The first-order valence-electron chi connectivity index (χ1n) is 13.3. The molecule has 0 unspecified atom stereocenters. The normalized spacial score (nSPS) is 13.4. The molecule has 1 heterocycles. The molecule has 41 heavy (non-hydrogen) atoms. The number of hydrogen-bond donors (Lipinski definition) is 0. The third kappa shape index (κ3) is 8.22. The fourth-order valence-corrected chi connectivity index (χ4v) is 5.47. The molecular weight excluding hydrogens is 545 g/mol. The number of ether oxygens (including phenoxy) is 2. The number of pyridine rings is 1.